The number of benzene rings is 2. The second-order valence-electron chi connectivity index (χ2n) is 6.07. The van der Waals surface area contributed by atoms with Crippen LogP contribution in [-0.4, -0.2) is 30.8 Å². The molecule has 7 nitrogen and oxygen atoms in total. The van der Waals surface area contributed by atoms with Gasteiger partial charge in [0, 0.05) is 34.5 Å². The molecule has 0 aliphatic heterocycles. The Balaban J connectivity index is 1.67. The molecule has 0 aliphatic rings. The van der Waals surface area contributed by atoms with Crippen LogP contribution in [0.25, 0.3) is 16.9 Å². The zero-order valence-corrected chi connectivity index (χ0v) is 16.6. The van der Waals surface area contributed by atoms with E-state index in [2.05, 4.69) is 15.2 Å². The number of para-hydroxylation sites is 1. The third kappa shape index (κ3) is 4.49. The molecule has 0 amide bonds. The summed E-state index contributed by atoms with van der Waals surface area (Å²) in [5.74, 6) is -0.399. The number of aryl methyl sites for hydroxylation is 1. The van der Waals surface area contributed by atoms with Crippen molar-refractivity contribution in [2.24, 2.45) is 0 Å². The van der Waals surface area contributed by atoms with Gasteiger partial charge in [0.2, 0.25) is 5.16 Å². The van der Waals surface area contributed by atoms with Crippen LogP contribution in [0, 0.1) is 0 Å². The molecule has 0 bridgehead atoms. The van der Waals surface area contributed by atoms with Gasteiger partial charge in [-0.05, 0) is 24.3 Å². The van der Waals surface area contributed by atoms with E-state index in [9.17, 15) is 4.79 Å². The van der Waals surface area contributed by atoms with Crippen molar-refractivity contribution in [3.05, 3.63) is 71.7 Å². The minimum atomic E-state index is -0.901. The van der Waals surface area contributed by atoms with Gasteiger partial charge in [0.15, 0.2) is 0 Å². The molecular weight excluding hydrogens is 412 g/mol. The molecule has 1 N–H and O–H groups in total. The summed E-state index contributed by atoms with van der Waals surface area (Å²) in [7, 11) is 0. The molecule has 0 atom stereocenters. The van der Waals surface area contributed by atoms with Crippen LogP contribution in [0.15, 0.2) is 75.7 Å². The monoisotopic (exact) mass is 426 g/mol. The van der Waals surface area contributed by atoms with Crippen molar-refractivity contribution < 1.29 is 14.3 Å². The number of hydrogen-bond donors (Lipinski definition) is 1. The predicted molar refractivity (Wildman–Crippen MR) is 108 cm³/mol. The fourth-order valence-corrected chi connectivity index (χ4v) is 3.64. The molecular formula is C20H15ClN4O3S. The number of hydrogen-bond acceptors (Lipinski definition) is 6. The summed E-state index contributed by atoms with van der Waals surface area (Å²) in [6, 6.07) is 16.8. The number of aromatic nitrogens is 4. The van der Waals surface area contributed by atoms with Gasteiger partial charge in [0.25, 0.3) is 5.22 Å². The zero-order valence-electron chi connectivity index (χ0n) is 15.0. The van der Waals surface area contributed by atoms with E-state index >= 15 is 0 Å². The largest absolute Gasteiger partial charge is 0.481 e. The highest BCUT2D eigenvalue weighted by Gasteiger charge is 2.19. The lowest BCUT2D eigenvalue weighted by atomic mass is 10.1. The maximum Gasteiger partial charge on any atom is 0.303 e. The fourth-order valence-electron chi connectivity index (χ4n) is 2.73. The number of nitrogens with zero attached hydrogens (tertiary/aromatic N) is 4. The maximum absolute atomic E-state index is 11.0. The molecule has 0 unspecified atom stereocenters. The van der Waals surface area contributed by atoms with E-state index in [1.165, 1.54) is 11.8 Å². The van der Waals surface area contributed by atoms with Gasteiger partial charge in [-0.1, -0.05) is 41.9 Å². The maximum atomic E-state index is 11.0. The van der Waals surface area contributed by atoms with E-state index in [1.54, 1.807) is 18.5 Å². The molecule has 0 spiro atoms. The van der Waals surface area contributed by atoms with Gasteiger partial charge in [-0.25, -0.2) is 4.98 Å². The molecule has 0 aliphatic carbocycles. The summed E-state index contributed by atoms with van der Waals surface area (Å²) in [4.78, 5) is 15.6. The number of carboxylic acid groups (broad SMARTS) is 1. The van der Waals surface area contributed by atoms with Crippen molar-refractivity contribution in [2.75, 3.05) is 0 Å². The lowest BCUT2D eigenvalue weighted by Gasteiger charge is -2.03. The van der Waals surface area contributed by atoms with Gasteiger partial charge >= 0.3 is 5.97 Å². The Morgan fingerprint density at radius 2 is 1.90 bits per heavy atom. The van der Waals surface area contributed by atoms with Crippen molar-refractivity contribution in [1.82, 2.24) is 19.7 Å². The summed E-state index contributed by atoms with van der Waals surface area (Å²) in [5.41, 5.74) is 2.31. The van der Waals surface area contributed by atoms with E-state index in [4.69, 9.17) is 21.1 Å². The van der Waals surface area contributed by atoms with E-state index in [1.807, 2.05) is 47.0 Å². The molecule has 0 radical (unpaired) electrons. The third-order valence-corrected chi connectivity index (χ3v) is 5.15. The SMILES string of the molecule is O=C(O)CCc1oc(Sc2nncn2-c2ccccc2)nc1-c1ccc(Cl)cc1. The van der Waals surface area contributed by atoms with Crippen LogP contribution in [-0.2, 0) is 11.2 Å². The van der Waals surface area contributed by atoms with Crippen LogP contribution in [0.5, 0.6) is 0 Å². The molecule has 0 fully saturated rings. The minimum absolute atomic E-state index is 0.0555. The molecule has 2 aromatic carbocycles. The predicted octanol–water partition coefficient (Wildman–Crippen LogP) is 4.74. The molecule has 0 saturated heterocycles. The average Bonchev–Trinajstić information content (AvgIpc) is 3.35. The van der Waals surface area contributed by atoms with Crippen molar-refractivity contribution in [3.8, 4) is 16.9 Å². The van der Waals surface area contributed by atoms with Crippen molar-refractivity contribution in [2.45, 2.75) is 23.2 Å². The first-order valence-electron chi connectivity index (χ1n) is 8.71. The van der Waals surface area contributed by atoms with Crippen LogP contribution in [0.1, 0.15) is 12.2 Å². The molecule has 2 heterocycles. The molecule has 146 valence electrons. The van der Waals surface area contributed by atoms with Gasteiger partial charge in [-0.15, -0.1) is 10.2 Å². The Morgan fingerprint density at radius 3 is 2.62 bits per heavy atom. The first-order valence-corrected chi connectivity index (χ1v) is 9.90. The second kappa shape index (κ2) is 8.50. The van der Waals surface area contributed by atoms with Crippen molar-refractivity contribution >= 4 is 29.3 Å². The Bertz CT molecular complexity index is 1130. The lowest BCUT2D eigenvalue weighted by Crippen LogP contribution is -1.97. The van der Waals surface area contributed by atoms with Gasteiger partial charge in [0.05, 0.1) is 6.42 Å². The number of rotatable bonds is 7. The number of halogens is 1. The van der Waals surface area contributed by atoms with Crippen LogP contribution in [0.3, 0.4) is 0 Å². The molecule has 4 rings (SSSR count). The quantitative estimate of drug-likeness (QED) is 0.456. The molecule has 2 aromatic heterocycles. The summed E-state index contributed by atoms with van der Waals surface area (Å²) < 4.78 is 7.72. The minimum Gasteiger partial charge on any atom is -0.481 e. The number of oxazole rings is 1. The van der Waals surface area contributed by atoms with Gasteiger partial charge in [-0.3, -0.25) is 9.36 Å². The second-order valence-corrected chi connectivity index (χ2v) is 7.43. The third-order valence-electron chi connectivity index (χ3n) is 4.09. The van der Waals surface area contributed by atoms with E-state index < -0.39 is 5.97 Å². The Kier molecular flexibility index (Phi) is 5.64. The molecule has 0 saturated carbocycles. The van der Waals surface area contributed by atoms with Gasteiger partial charge in [0.1, 0.15) is 17.8 Å². The fraction of sp³-hybridized carbons (Fsp3) is 0.100. The van der Waals surface area contributed by atoms with Crippen LogP contribution in [0.2, 0.25) is 5.02 Å². The van der Waals surface area contributed by atoms with Crippen LogP contribution in [0.4, 0.5) is 0 Å². The normalized spacial score (nSPS) is 10.9. The topological polar surface area (TPSA) is 94.0 Å². The smallest absolute Gasteiger partial charge is 0.303 e. The summed E-state index contributed by atoms with van der Waals surface area (Å²) in [6.45, 7) is 0. The highest BCUT2D eigenvalue weighted by Crippen LogP contribution is 2.33. The summed E-state index contributed by atoms with van der Waals surface area (Å²) >= 11 is 7.19. The zero-order chi connectivity index (χ0) is 20.2. The van der Waals surface area contributed by atoms with Crippen LogP contribution < -0.4 is 0 Å². The standard InChI is InChI=1S/C20H15ClN4O3S/c21-14-8-6-13(7-9-14)18-16(10-11-17(26)27)28-20(23-18)29-19-24-22-12-25(19)15-4-2-1-3-5-15/h1-9,12H,10-11H2,(H,26,27). The van der Waals surface area contributed by atoms with Gasteiger partial charge < -0.3 is 9.52 Å². The van der Waals surface area contributed by atoms with Crippen LogP contribution >= 0.6 is 23.4 Å². The number of carboxylic acids is 1. The highest BCUT2D eigenvalue weighted by atomic mass is 35.5. The Hall–Kier alpha value is -3.10. The first kappa shape index (κ1) is 19.2. The highest BCUT2D eigenvalue weighted by molar-refractivity contribution is 7.99. The van der Waals surface area contributed by atoms with Gasteiger partial charge in [-0.2, -0.15) is 0 Å². The van der Waals surface area contributed by atoms with E-state index in [0.717, 1.165) is 11.3 Å². The number of carbonyl (C=O) groups is 1. The number of aliphatic carboxylic acids is 1. The average molecular weight is 427 g/mol. The first-order chi connectivity index (χ1) is 14.1. The lowest BCUT2D eigenvalue weighted by molar-refractivity contribution is -0.137. The van der Waals surface area contributed by atoms with Crippen molar-refractivity contribution in [3.63, 3.8) is 0 Å². The molecule has 4 aromatic rings. The van der Waals surface area contributed by atoms with E-state index in [-0.39, 0.29) is 12.8 Å². The Labute approximate surface area is 175 Å². The van der Waals surface area contributed by atoms with Crippen molar-refractivity contribution in [1.29, 1.82) is 0 Å². The molecule has 9 heteroatoms. The Morgan fingerprint density at radius 1 is 1.14 bits per heavy atom. The summed E-state index contributed by atoms with van der Waals surface area (Å²) in [5, 5.41) is 18.7. The molecule has 29 heavy (non-hydrogen) atoms. The van der Waals surface area contributed by atoms with E-state index in [0.29, 0.717) is 26.9 Å². The summed E-state index contributed by atoms with van der Waals surface area (Å²) in [6.07, 6.45) is 1.79.